The number of methoxy groups -OCH3 is 2. The van der Waals surface area contributed by atoms with Crippen LogP contribution in [-0.2, 0) is 11.2 Å². The fourth-order valence-electron chi connectivity index (χ4n) is 2.84. The summed E-state index contributed by atoms with van der Waals surface area (Å²) >= 11 is 0. The minimum atomic E-state index is -0.0643. The summed E-state index contributed by atoms with van der Waals surface area (Å²) in [5, 5.41) is 5.26. The highest BCUT2D eigenvalue weighted by Crippen LogP contribution is 2.33. The molecule has 0 saturated carbocycles. The van der Waals surface area contributed by atoms with Crippen LogP contribution in [0.2, 0.25) is 0 Å². The van der Waals surface area contributed by atoms with Crippen LogP contribution in [0.5, 0.6) is 11.5 Å². The first kappa shape index (κ1) is 16.8. The number of aryl methyl sites for hydroxylation is 1. The number of rotatable bonds is 5. The van der Waals surface area contributed by atoms with E-state index in [9.17, 15) is 4.79 Å². The number of ether oxygens (including phenoxy) is 2. The van der Waals surface area contributed by atoms with Crippen molar-refractivity contribution in [3.05, 3.63) is 65.7 Å². The maximum atomic E-state index is 12.4. The molecule has 0 bridgehead atoms. The van der Waals surface area contributed by atoms with E-state index in [0.717, 1.165) is 22.2 Å². The number of carbonyl (C=O) groups excluding carboxylic acids is 1. The van der Waals surface area contributed by atoms with Gasteiger partial charge in [-0.2, -0.15) is 0 Å². The summed E-state index contributed by atoms with van der Waals surface area (Å²) in [5.41, 5.74) is 2.63. The van der Waals surface area contributed by atoms with Gasteiger partial charge in [-0.05, 0) is 34.9 Å². The van der Waals surface area contributed by atoms with Crippen LogP contribution >= 0.6 is 0 Å². The van der Waals surface area contributed by atoms with Crippen molar-refractivity contribution < 1.29 is 14.3 Å². The molecule has 0 aliphatic carbocycles. The van der Waals surface area contributed by atoms with Crippen molar-refractivity contribution in [2.75, 3.05) is 19.5 Å². The monoisotopic (exact) mass is 335 g/mol. The van der Waals surface area contributed by atoms with E-state index >= 15 is 0 Å². The number of carbonyl (C=O) groups is 1. The van der Waals surface area contributed by atoms with Gasteiger partial charge in [-0.25, -0.2) is 0 Å². The van der Waals surface area contributed by atoms with E-state index in [2.05, 4.69) is 23.5 Å². The summed E-state index contributed by atoms with van der Waals surface area (Å²) in [4.78, 5) is 12.4. The third kappa shape index (κ3) is 3.74. The Balaban J connectivity index is 1.77. The summed E-state index contributed by atoms with van der Waals surface area (Å²) in [6.07, 6.45) is 0.318. The van der Waals surface area contributed by atoms with Gasteiger partial charge in [0.05, 0.1) is 20.6 Å². The third-order valence-corrected chi connectivity index (χ3v) is 4.18. The van der Waals surface area contributed by atoms with Crippen LogP contribution in [0.25, 0.3) is 10.8 Å². The molecule has 0 aromatic heterocycles. The summed E-state index contributed by atoms with van der Waals surface area (Å²) in [7, 11) is 3.17. The van der Waals surface area contributed by atoms with Crippen molar-refractivity contribution in [2.24, 2.45) is 0 Å². The Labute approximate surface area is 147 Å². The molecule has 0 unspecified atom stereocenters. The predicted octanol–water partition coefficient (Wildman–Crippen LogP) is 4.35. The molecule has 4 heteroatoms. The van der Waals surface area contributed by atoms with E-state index in [-0.39, 0.29) is 5.91 Å². The van der Waals surface area contributed by atoms with Gasteiger partial charge in [-0.1, -0.05) is 42.5 Å². The van der Waals surface area contributed by atoms with Gasteiger partial charge in [0.15, 0.2) is 11.5 Å². The van der Waals surface area contributed by atoms with Crippen LogP contribution in [0.1, 0.15) is 11.1 Å². The molecule has 0 atom stereocenters. The number of hydrogen-bond donors (Lipinski definition) is 1. The van der Waals surface area contributed by atoms with Crippen molar-refractivity contribution in [1.29, 1.82) is 0 Å². The molecular formula is C21H21NO3. The van der Waals surface area contributed by atoms with Gasteiger partial charge in [0, 0.05) is 11.8 Å². The first-order valence-corrected chi connectivity index (χ1v) is 8.11. The Bertz CT molecular complexity index is 918. The van der Waals surface area contributed by atoms with Crippen molar-refractivity contribution in [3.8, 4) is 11.5 Å². The van der Waals surface area contributed by atoms with Gasteiger partial charge in [0.1, 0.15) is 0 Å². The molecule has 4 nitrogen and oxygen atoms in total. The average Bonchev–Trinajstić information content (AvgIpc) is 2.62. The number of fused-ring (bicyclic) bond motifs is 1. The van der Waals surface area contributed by atoms with E-state index in [1.54, 1.807) is 20.3 Å². The molecular weight excluding hydrogens is 314 g/mol. The lowest BCUT2D eigenvalue weighted by atomic mass is 10.0. The summed E-state index contributed by atoms with van der Waals surface area (Å²) < 4.78 is 10.6. The smallest absolute Gasteiger partial charge is 0.228 e. The minimum Gasteiger partial charge on any atom is -0.493 e. The van der Waals surface area contributed by atoms with Gasteiger partial charge in [-0.3, -0.25) is 4.79 Å². The first-order chi connectivity index (χ1) is 12.1. The summed E-state index contributed by atoms with van der Waals surface area (Å²) in [6.45, 7) is 1.92. The number of amides is 1. The molecule has 0 fully saturated rings. The van der Waals surface area contributed by atoms with Gasteiger partial charge in [-0.15, -0.1) is 0 Å². The molecule has 0 saturated heterocycles. The highest BCUT2D eigenvalue weighted by molar-refractivity contribution is 5.94. The van der Waals surface area contributed by atoms with Gasteiger partial charge >= 0.3 is 0 Å². The van der Waals surface area contributed by atoms with Crippen LogP contribution in [0.4, 0.5) is 5.69 Å². The van der Waals surface area contributed by atoms with E-state index in [1.807, 2.05) is 37.3 Å². The molecule has 0 radical (unpaired) electrons. The molecule has 1 amide bonds. The summed E-state index contributed by atoms with van der Waals surface area (Å²) in [6, 6.07) is 17.8. The Kier molecular flexibility index (Phi) is 4.89. The normalized spacial score (nSPS) is 10.5. The molecule has 1 N–H and O–H groups in total. The topological polar surface area (TPSA) is 47.6 Å². The fourth-order valence-corrected chi connectivity index (χ4v) is 2.84. The van der Waals surface area contributed by atoms with Crippen LogP contribution in [-0.4, -0.2) is 20.1 Å². The lowest BCUT2D eigenvalue weighted by Gasteiger charge is -2.13. The SMILES string of the molecule is COc1cc(C)c(NC(=O)Cc2ccc3ccccc3c2)cc1OC. The van der Waals surface area contributed by atoms with Crippen LogP contribution in [0, 0.1) is 6.92 Å². The van der Waals surface area contributed by atoms with E-state index in [1.165, 1.54) is 5.39 Å². The average molecular weight is 335 g/mol. The highest BCUT2D eigenvalue weighted by Gasteiger charge is 2.11. The van der Waals surface area contributed by atoms with E-state index in [0.29, 0.717) is 17.9 Å². The maximum absolute atomic E-state index is 12.4. The largest absolute Gasteiger partial charge is 0.493 e. The number of benzene rings is 3. The molecule has 25 heavy (non-hydrogen) atoms. The fraction of sp³-hybridized carbons (Fsp3) is 0.190. The van der Waals surface area contributed by atoms with Crippen molar-refractivity contribution in [2.45, 2.75) is 13.3 Å². The number of nitrogens with one attached hydrogen (secondary N) is 1. The second-order valence-corrected chi connectivity index (χ2v) is 5.93. The maximum Gasteiger partial charge on any atom is 0.228 e. The van der Waals surface area contributed by atoms with Crippen LogP contribution in [0.3, 0.4) is 0 Å². The van der Waals surface area contributed by atoms with Crippen molar-refractivity contribution in [1.82, 2.24) is 0 Å². The lowest BCUT2D eigenvalue weighted by molar-refractivity contribution is -0.115. The highest BCUT2D eigenvalue weighted by atomic mass is 16.5. The van der Waals surface area contributed by atoms with Gasteiger partial charge in [0.2, 0.25) is 5.91 Å². The molecule has 0 spiro atoms. The molecule has 3 aromatic carbocycles. The zero-order valence-corrected chi connectivity index (χ0v) is 14.6. The van der Waals surface area contributed by atoms with E-state index < -0.39 is 0 Å². The molecule has 3 aromatic rings. The van der Waals surface area contributed by atoms with Crippen molar-refractivity contribution >= 4 is 22.4 Å². The Hall–Kier alpha value is -3.01. The Morgan fingerprint density at radius 1 is 0.920 bits per heavy atom. The zero-order chi connectivity index (χ0) is 17.8. The molecule has 0 heterocycles. The standard InChI is InChI=1S/C21H21NO3/c1-14-10-19(24-2)20(25-3)13-18(14)22-21(23)12-15-8-9-16-6-4-5-7-17(16)11-15/h4-11,13H,12H2,1-3H3,(H,22,23). The first-order valence-electron chi connectivity index (χ1n) is 8.11. The zero-order valence-electron chi connectivity index (χ0n) is 14.6. The third-order valence-electron chi connectivity index (χ3n) is 4.18. The minimum absolute atomic E-state index is 0.0643. The Morgan fingerprint density at radius 3 is 2.32 bits per heavy atom. The number of anilines is 1. The van der Waals surface area contributed by atoms with Crippen LogP contribution < -0.4 is 14.8 Å². The Morgan fingerprint density at radius 2 is 1.60 bits per heavy atom. The molecule has 128 valence electrons. The van der Waals surface area contributed by atoms with Crippen molar-refractivity contribution in [3.63, 3.8) is 0 Å². The summed E-state index contributed by atoms with van der Waals surface area (Å²) in [5.74, 6) is 1.17. The number of hydrogen-bond acceptors (Lipinski definition) is 3. The quantitative estimate of drug-likeness (QED) is 0.754. The van der Waals surface area contributed by atoms with Gasteiger partial charge < -0.3 is 14.8 Å². The second kappa shape index (κ2) is 7.26. The van der Waals surface area contributed by atoms with Gasteiger partial charge in [0.25, 0.3) is 0 Å². The second-order valence-electron chi connectivity index (χ2n) is 5.93. The molecule has 0 aliphatic heterocycles. The molecule has 3 rings (SSSR count). The molecule has 0 aliphatic rings. The van der Waals surface area contributed by atoms with E-state index in [4.69, 9.17) is 9.47 Å². The lowest BCUT2D eigenvalue weighted by Crippen LogP contribution is -2.15. The van der Waals surface area contributed by atoms with Crippen LogP contribution in [0.15, 0.2) is 54.6 Å². The predicted molar refractivity (Wildman–Crippen MR) is 101 cm³/mol.